The van der Waals surface area contributed by atoms with Crippen molar-refractivity contribution in [2.24, 2.45) is 0 Å². The molecule has 7 nitrogen and oxygen atoms in total. The Labute approximate surface area is 212 Å². The molecule has 1 aliphatic heterocycles. The lowest BCUT2D eigenvalue weighted by Gasteiger charge is -2.33. The van der Waals surface area contributed by atoms with Crippen LogP contribution >= 0.6 is 11.6 Å². The van der Waals surface area contributed by atoms with Crippen molar-refractivity contribution in [2.45, 2.75) is 38.4 Å². The van der Waals surface area contributed by atoms with Gasteiger partial charge in [-0.05, 0) is 37.5 Å². The Morgan fingerprint density at radius 3 is 2.47 bits per heavy atom. The number of hydrogen-bond acceptors (Lipinski definition) is 5. The van der Waals surface area contributed by atoms with Gasteiger partial charge >= 0.3 is 12.2 Å². The molecule has 0 radical (unpaired) electrons. The topological polar surface area (TPSA) is 83.0 Å². The molecule has 11 heteroatoms. The molecule has 3 heterocycles. The Morgan fingerprint density at radius 1 is 1.11 bits per heavy atom. The maximum Gasteiger partial charge on any atom is 0.416 e. The van der Waals surface area contributed by atoms with Crippen molar-refractivity contribution in [2.75, 3.05) is 24.5 Å². The monoisotopic (exact) mass is 518 g/mol. The highest BCUT2D eigenvalue weighted by Crippen LogP contribution is 2.36. The molecular weight excluding hydrogens is 493 g/mol. The van der Waals surface area contributed by atoms with Crippen LogP contribution in [0.4, 0.5) is 23.8 Å². The Hall–Kier alpha value is -3.40. The van der Waals surface area contributed by atoms with E-state index >= 15 is 0 Å². The van der Waals surface area contributed by atoms with Crippen LogP contribution < -0.4 is 15.5 Å². The number of amides is 2. The Balaban J connectivity index is 1.59. The molecule has 36 heavy (non-hydrogen) atoms. The fourth-order valence-electron chi connectivity index (χ4n) is 4.04. The third-order valence-electron chi connectivity index (χ3n) is 5.96. The molecule has 0 aliphatic carbocycles. The normalized spacial score (nSPS) is 14.5. The van der Waals surface area contributed by atoms with Gasteiger partial charge < -0.3 is 15.5 Å². The first-order valence-corrected chi connectivity index (χ1v) is 12.1. The van der Waals surface area contributed by atoms with Crippen molar-refractivity contribution < 1.29 is 18.0 Å². The number of halogens is 4. The number of carbonyl (C=O) groups is 1. The number of urea groups is 1. The summed E-state index contributed by atoms with van der Waals surface area (Å²) in [6.07, 6.45) is 2.61. The molecule has 1 aliphatic rings. The molecule has 4 rings (SSSR count). The fraction of sp³-hybridized carbons (Fsp3) is 0.360. The molecule has 0 spiro atoms. The maximum atomic E-state index is 13.0. The number of nitrogens with one attached hydrogen (secondary N) is 2. The third kappa shape index (κ3) is 6.04. The Morgan fingerprint density at radius 2 is 1.83 bits per heavy atom. The highest BCUT2D eigenvalue weighted by Gasteiger charge is 2.30. The van der Waals surface area contributed by atoms with Crippen LogP contribution in [0.1, 0.15) is 31.7 Å². The second-order valence-electron chi connectivity index (χ2n) is 8.52. The quantitative estimate of drug-likeness (QED) is 0.446. The number of rotatable bonds is 6. The lowest BCUT2D eigenvalue weighted by atomic mass is 10.0. The van der Waals surface area contributed by atoms with Gasteiger partial charge in [0.25, 0.3) is 0 Å². The van der Waals surface area contributed by atoms with Crippen molar-refractivity contribution >= 4 is 23.4 Å². The van der Waals surface area contributed by atoms with Crippen molar-refractivity contribution in [3.8, 4) is 22.5 Å². The van der Waals surface area contributed by atoms with E-state index < -0.39 is 11.7 Å². The van der Waals surface area contributed by atoms with Crippen LogP contribution in [0.2, 0.25) is 5.02 Å². The number of carbonyl (C=O) groups excluding carboxylic acids is 1. The zero-order valence-corrected chi connectivity index (χ0v) is 20.4. The molecule has 3 aromatic rings. The molecule has 2 amide bonds. The number of aromatic nitrogens is 3. The highest BCUT2D eigenvalue weighted by atomic mass is 35.5. The van der Waals surface area contributed by atoms with E-state index in [2.05, 4.69) is 25.5 Å². The first-order chi connectivity index (χ1) is 17.3. The fourth-order valence-corrected chi connectivity index (χ4v) is 4.25. The number of pyridine rings is 1. The molecule has 0 saturated carbocycles. The molecule has 2 N–H and O–H groups in total. The summed E-state index contributed by atoms with van der Waals surface area (Å²) < 4.78 is 39.1. The second kappa shape index (κ2) is 11.1. The molecule has 0 atom stereocenters. The van der Waals surface area contributed by atoms with E-state index in [-0.39, 0.29) is 12.1 Å². The molecule has 0 unspecified atom stereocenters. The van der Waals surface area contributed by atoms with Gasteiger partial charge in [0.2, 0.25) is 0 Å². The van der Waals surface area contributed by atoms with Crippen molar-refractivity contribution in [3.63, 3.8) is 0 Å². The number of anilines is 1. The Kier molecular flexibility index (Phi) is 7.93. The average molecular weight is 519 g/mol. The summed E-state index contributed by atoms with van der Waals surface area (Å²) in [5.41, 5.74) is 1.22. The highest BCUT2D eigenvalue weighted by molar-refractivity contribution is 6.33. The summed E-state index contributed by atoms with van der Waals surface area (Å²) in [4.78, 5) is 27.5. The van der Waals surface area contributed by atoms with Gasteiger partial charge in [0.05, 0.1) is 22.5 Å². The minimum absolute atomic E-state index is 0.0617. The first kappa shape index (κ1) is 25.7. The molecule has 1 fully saturated rings. The van der Waals surface area contributed by atoms with Gasteiger partial charge in [-0.15, -0.1) is 0 Å². The predicted octanol–water partition coefficient (Wildman–Crippen LogP) is 5.56. The van der Waals surface area contributed by atoms with Crippen LogP contribution in [-0.4, -0.2) is 46.7 Å². The summed E-state index contributed by atoms with van der Waals surface area (Å²) in [6, 6.07) is 6.42. The molecule has 0 bridgehead atoms. The van der Waals surface area contributed by atoms with E-state index in [0.29, 0.717) is 53.0 Å². The van der Waals surface area contributed by atoms with Crippen molar-refractivity contribution in [1.29, 1.82) is 0 Å². The van der Waals surface area contributed by atoms with E-state index in [0.717, 1.165) is 31.4 Å². The number of nitrogens with zero attached hydrogens (tertiary/aromatic N) is 4. The van der Waals surface area contributed by atoms with Crippen molar-refractivity contribution in [1.82, 2.24) is 25.6 Å². The maximum absolute atomic E-state index is 13.0. The van der Waals surface area contributed by atoms with Crippen LogP contribution in [0.3, 0.4) is 0 Å². The van der Waals surface area contributed by atoms with Gasteiger partial charge in [-0.2, -0.15) is 13.2 Å². The summed E-state index contributed by atoms with van der Waals surface area (Å²) in [6.45, 7) is 3.95. The van der Waals surface area contributed by atoms with Crippen LogP contribution in [0.15, 0.2) is 48.9 Å². The van der Waals surface area contributed by atoms with E-state index in [9.17, 15) is 18.0 Å². The first-order valence-electron chi connectivity index (χ1n) is 11.7. The minimum atomic E-state index is -4.43. The van der Waals surface area contributed by atoms with E-state index in [1.807, 2.05) is 6.92 Å². The van der Waals surface area contributed by atoms with E-state index in [1.165, 1.54) is 18.3 Å². The average Bonchev–Trinajstić information content (AvgIpc) is 2.87. The zero-order valence-electron chi connectivity index (χ0n) is 19.6. The van der Waals surface area contributed by atoms with Gasteiger partial charge in [-0.3, -0.25) is 9.97 Å². The lowest BCUT2D eigenvalue weighted by molar-refractivity contribution is -0.137. The summed E-state index contributed by atoms with van der Waals surface area (Å²) in [5, 5.41) is 6.18. The Bertz CT molecular complexity index is 1200. The summed E-state index contributed by atoms with van der Waals surface area (Å²) in [5.74, 6) is 0.627. The number of piperidine rings is 1. The zero-order chi connectivity index (χ0) is 25.7. The second-order valence-corrected chi connectivity index (χ2v) is 8.92. The molecule has 2 aromatic heterocycles. The minimum Gasteiger partial charge on any atom is -0.355 e. The van der Waals surface area contributed by atoms with Gasteiger partial charge in [-0.1, -0.05) is 30.7 Å². The van der Waals surface area contributed by atoms with Gasteiger partial charge in [0, 0.05) is 49.2 Å². The summed E-state index contributed by atoms with van der Waals surface area (Å²) >= 11 is 6.41. The van der Waals surface area contributed by atoms with E-state index in [1.54, 1.807) is 18.5 Å². The van der Waals surface area contributed by atoms with Crippen molar-refractivity contribution in [3.05, 3.63) is 59.5 Å². The van der Waals surface area contributed by atoms with Crippen LogP contribution in [0.5, 0.6) is 0 Å². The number of benzene rings is 1. The lowest BCUT2D eigenvalue weighted by Crippen LogP contribution is -2.48. The molecule has 1 saturated heterocycles. The summed E-state index contributed by atoms with van der Waals surface area (Å²) in [7, 11) is 0. The van der Waals surface area contributed by atoms with Gasteiger partial charge in [-0.25, -0.2) is 9.78 Å². The molecule has 1 aromatic carbocycles. The third-order valence-corrected chi connectivity index (χ3v) is 6.26. The van der Waals surface area contributed by atoms with Crippen LogP contribution in [0.25, 0.3) is 22.5 Å². The van der Waals surface area contributed by atoms with Crippen LogP contribution in [0, 0.1) is 0 Å². The number of hydrogen-bond donors (Lipinski definition) is 2. The predicted molar refractivity (Wildman–Crippen MR) is 133 cm³/mol. The molecule has 190 valence electrons. The van der Waals surface area contributed by atoms with Gasteiger partial charge in [0.15, 0.2) is 0 Å². The smallest absolute Gasteiger partial charge is 0.355 e. The standard InChI is InChI=1S/C25H26ClF3N6O/c1-2-10-31-24(36)33-18-8-12-35(13-9-18)21-15-32-22(16-3-5-17(6-4-16)25(27,28)29)23(34-21)19-7-11-30-14-20(19)26/h3-7,11,14-15,18H,2,8-10,12-13H2,1H3,(H2,31,33,36). The van der Waals surface area contributed by atoms with Crippen LogP contribution in [-0.2, 0) is 6.18 Å². The molecular formula is C25H26ClF3N6O. The number of alkyl halides is 3. The van der Waals surface area contributed by atoms with E-state index in [4.69, 9.17) is 16.6 Å². The largest absolute Gasteiger partial charge is 0.416 e. The van der Waals surface area contributed by atoms with Gasteiger partial charge in [0.1, 0.15) is 11.5 Å². The SMILES string of the molecule is CCCNC(=O)NC1CCN(c2cnc(-c3ccc(C(F)(F)F)cc3)c(-c3ccncc3Cl)n2)CC1.